The Kier molecular flexibility index (Phi) is 7.62. The van der Waals surface area contributed by atoms with E-state index in [2.05, 4.69) is 30.3 Å². The van der Waals surface area contributed by atoms with Gasteiger partial charge in [-0.05, 0) is 75.1 Å². The first-order chi connectivity index (χ1) is 18.2. The number of hydrogen-bond donors (Lipinski definition) is 4. The lowest BCUT2D eigenvalue weighted by molar-refractivity contribution is 0.126. The lowest BCUT2D eigenvalue weighted by Gasteiger charge is -2.26. The summed E-state index contributed by atoms with van der Waals surface area (Å²) in [5, 5.41) is 17.1. The first-order valence-corrected chi connectivity index (χ1v) is 14.5. The van der Waals surface area contributed by atoms with Crippen LogP contribution in [0.25, 0.3) is 11.2 Å². The summed E-state index contributed by atoms with van der Waals surface area (Å²) in [6.07, 6.45) is 4.63. The molecule has 4 N–H and O–H groups in total. The van der Waals surface area contributed by atoms with Gasteiger partial charge < -0.3 is 20.3 Å². The fourth-order valence-corrected chi connectivity index (χ4v) is 5.71. The molecule has 38 heavy (non-hydrogen) atoms. The van der Waals surface area contributed by atoms with Gasteiger partial charge >= 0.3 is 0 Å². The highest BCUT2D eigenvalue weighted by Crippen LogP contribution is 2.29. The predicted molar refractivity (Wildman–Crippen MR) is 150 cm³/mol. The second kappa shape index (κ2) is 10.9. The lowest BCUT2D eigenvalue weighted by atomic mass is 9.93. The number of halogens is 2. The summed E-state index contributed by atoms with van der Waals surface area (Å²) in [5.74, 6) is 0.978. The fourth-order valence-electron chi connectivity index (χ4n) is 4.36. The zero-order chi connectivity index (χ0) is 26.9. The normalized spacial score (nSPS) is 17.9. The zero-order valence-electron chi connectivity index (χ0n) is 20.5. The van der Waals surface area contributed by atoms with E-state index in [1.165, 1.54) is 24.3 Å². The standard InChI is InChI=1S/C25H27Cl2N7O3S/c1-2-34-14-28-22-23(31-25(32-24(22)34)30-16-3-8-18(35)9-4-16)29-15-5-10-19(11-6-15)38(36,37)33-17-7-12-20(26)21(27)13-17/h5-7,10-14,16,18,33,35H,2-4,8-9H2,1H3,(H2,29,30,31,32). The van der Waals surface area contributed by atoms with Crippen molar-refractivity contribution in [1.82, 2.24) is 19.5 Å². The van der Waals surface area contributed by atoms with Crippen LogP contribution in [0.3, 0.4) is 0 Å². The van der Waals surface area contributed by atoms with E-state index in [0.29, 0.717) is 45.9 Å². The second-order valence-corrected chi connectivity index (χ2v) is 11.6. The quantitative estimate of drug-likeness (QED) is 0.219. The monoisotopic (exact) mass is 575 g/mol. The Balaban J connectivity index is 1.37. The maximum atomic E-state index is 12.9. The molecule has 0 atom stereocenters. The molecular weight excluding hydrogens is 549 g/mol. The molecule has 0 aliphatic heterocycles. The van der Waals surface area contributed by atoms with Crippen LogP contribution in [0.4, 0.5) is 23.1 Å². The maximum Gasteiger partial charge on any atom is 0.261 e. The molecule has 4 aromatic rings. The van der Waals surface area contributed by atoms with Gasteiger partial charge in [0.05, 0.1) is 33.1 Å². The third kappa shape index (κ3) is 5.80. The SMILES string of the molecule is CCn1cnc2c(Nc3ccc(S(=O)(=O)Nc4ccc(Cl)c(Cl)c4)cc3)nc(NC3CCC(O)CC3)nc21. The number of nitrogens with zero attached hydrogens (tertiary/aromatic N) is 4. The van der Waals surface area contributed by atoms with E-state index in [1.54, 1.807) is 24.5 Å². The van der Waals surface area contributed by atoms with Gasteiger partial charge in [-0.25, -0.2) is 13.4 Å². The third-order valence-electron chi connectivity index (χ3n) is 6.43. The van der Waals surface area contributed by atoms with Gasteiger partial charge in [-0.2, -0.15) is 9.97 Å². The van der Waals surface area contributed by atoms with Crippen LogP contribution >= 0.6 is 23.2 Å². The Bertz CT molecular complexity index is 1550. The maximum absolute atomic E-state index is 12.9. The molecule has 1 aliphatic carbocycles. The molecule has 10 nitrogen and oxygen atoms in total. The van der Waals surface area contributed by atoms with Crippen molar-refractivity contribution in [3.8, 4) is 0 Å². The van der Waals surface area contributed by atoms with Gasteiger partial charge in [0.25, 0.3) is 10.0 Å². The number of rotatable bonds is 8. The smallest absolute Gasteiger partial charge is 0.261 e. The molecular formula is C25H27Cl2N7O3S. The van der Waals surface area contributed by atoms with Crippen molar-refractivity contribution in [3.63, 3.8) is 0 Å². The molecule has 0 spiro atoms. The van der Waals surface area contributed by atoms with E-state index in [4.69, 9.17) is 23.2 Å². The molecule has 200 valence electrons. The van der Waals surface area contributed by atoms with Crippen LogP contribution in [-0.4, -0.2) is 45.2 Å². The summed E-state index contributed by atoms with van der Waals surface area (Å²) in [6, 6.07) is 11.0. The van der Waals surface area contributed by atoms with E-state index < -0.39 is 10.0 Å². The average Bonchev–Trinajstić information content (AvgIpc) is 3.31. The van der Waals surface area contributed by atoms with Crippen molar-refractivity contribution in [2.75, 3.05) is 15.4 Å². The molecule has 1 saturated carbocycles. The van der Waals surface area contributed by atoms with E-state index in [-0.39, 0.29) is 22.1 Å². The van der Waals surface area contributed by atoms with E-state index >= 15 is 0 Å². The van der Waals surface area contributed by atoms with Crippen LogP contribution < -0.4 is 15.4 Å². The van der Waals surface area contributed by atoms with Gasteiger partial charge in [0.2, 0.25) is 5.95 Å². The van der Waals surface area contributed by atoms with E-state index in [1.807, 2.05) is 11.5 Å². The number of aliphatic hydroxyl groups excluding tert-OH is 1. The summed E-state index contributed by atoms with van der Waals surface area (Å²) in [7, 11) is -3.84. The number of aliphatic hydroxyl groups is 1. The molecule has 0 unspecified atom stereocenters. The number of benzene rings is 2. The average molecular weight is 577 g/mol. The fraction of sp³-hybridized carbons (Fsp3) is 0.320. The molecule has 13 heteroatoms. The summed E-state index contributed by atoms with van der Waals surface area (Å²) >= 11 is 11.9. The first-order valence-electron chi connectivity index (χ1n) is 12.2. The van der Waals surface area contributed by atoms with Crippen molar-refractivity contribution >= 4 is 67.5 Å². The van der Waals surface area contributed by atoms with Crippen molar-refractivity contribution in [1.29, 1.82) is 0 Å². The molecule has 5 rings (SSSR count). The van der Waals surface area contributed by atoms with Gasteiger partial charge in [-0.1, -0.05) is 23.2 Å². The van der Waals surface area contributed by atoms with Gasteiger partial charge in [0, 0.05) is 18.3 Å². The largest absolute Gasteiger partial charge is 0.393 e. The van der Waals surface area contributed by atoms with Crippen LogP contribution in [0, 0.1) is 0 Å². The molecule has 0 bridgehead atoms. The van der Waals surface area contributed by atoms with Crippen LogP contribution in [0.15, 0.2) is 53.7 Å². The molecule has 0 amide bonds. The minimum atomic E-state index is -3.84. The van der Waals surface area contributed by atoms with Crippen molar-refractivity contribution in [3.05, 3.63) is 58.8 Å². The Hall–Kier alpha value is -3.12. The number of aryl methyl sites for hydroxylation is 1. The summed E-state index contributed by atoms with van der Waals surface area (Å²) in [4.78, 5) is 13.9. The Morgan fingerprint density at radius 1 is 1.00 bits per heavy atom. The van der Waals surface area contributed by atoms with Crippen molar-refractivity contribution in [2.24, 2.45) is 0 Å². The van der Waals surface area contributed by atoms with Gasteiger partial charge in [-0.3, -0.25) is 4.72 Å². The van der Waals surface area contributed by atoms with Gasteiger partial charge in [-0.15, -0.1) is 0 Å². The highest BCUT2D eigenvalue weighted by molar-refractivity contribution is 7.92. The molecule has 0 radical (unpaired) electrons. The number of nitrogens with one attached hydrogen (secondary N) is 3. The zero-order valence-corrected chi connectivity index (χ0v) is 22.9. The number of hydrogen-bond acceptors (Lipinski definition) is 8. The number of aromatic nitrogens is 4. The van der Waals surface area contributed by atoms with Gasteiger partial charge in [0.1, 0.15) is 0 Å². The minimum Gasteiger partial charge on any atom is -0.393 e. The summed E-state index contributed by atoms with van der Waals surface area (Å²) < 4.78 is 30.2. The second-order valence-electron chi connectivity index (χ2n) is 9.13. The van der Waals surface area contributed by atoms with Crippen molar-refractivity contribution in [2.45, 2.75) is 56.2 Å². The molecule has 1 fully saturated rings. The Morgan fingerprint density at radius 3 is 2.39 bits per heavy atom. The number of sulfonamides is 1. The topological polar surface area (TPSA) is 134 Å². The highest BCUT2D eigenvalue weighted by atomic mass is 35.5. The van der Waals surface area contributed by atoms with Crippen molar-refractivity contribution < 1.29 is 13.5 Å². The number of anilines is 4. The van der Waals surface area contributed by atoms with Crippen LogP contribution in [-0.2, 0) is 16.6 Å². The predicted octanol–water partition coefficient (Wildman–Crippen LogP) is 5.41. The Labute approximate surface area is 230 Å². The van der Waals surface area contributed by atoms with Crippen LogP contribution in [0.1, 0.15) is 32.6 Å². The summed E-state index contributed by atoms with van der Waals surface area (Å²) in [6.45, 7) is 2.71. The number of fused-ring (bicyclic) bond motifs is 1. The third-order valence-corrected chi connectivity index (χ3v) is 8.57. The summed E-state index contributed by atoms with van der Waals surface area (Å²) in [5.41, 5.74) is 2.24. The van der Waals surface area contributed by atoms with E-state index in [0.717, 1.165) is 25.7 Å². The van der Waals surface area contributed by atoms with Crippen LogP contribution in [0.5, 0.6) is 0 Å². The van der Waals surface area contributed by atoms with Crippen LogP contribution in [0.2, 0.25) is 10.0 Å². The number of imidazole rings is 1. The van der Waals surface area contributed by atoms with E-state index in [9.17, 15) is 13.5 Å². The molecule has 0 saturated heterocycles. The van der Waals surface area contributed by atoms with Gasteiger partial charge in [0.15, 0.2) is 17.0 Å². The minimum absolute atomic E-state index is 0.0825. The molecule has 1 aliphatic rings. The lowest BCUT2D eigenvalue weighted by Crippen LogP contribution is -2.29. The molecule has 2 aromatic heterocycles. The highest BCUT2D eigenvalue weighted by Gasteiger charge is 2.22. The molecule has 2 heterocycles. The Morgan fingerprint density at radius 2 is 1.71 bits per heavy atom. The first kappa shape index (κ1) is 26.5. The molecule has 2 aromatic carbocycles.